The maximum Gasteiger partial charge on any atom is 0.276 e. The van der Waals surface area contributed by atoms with E-state index in [9.17, 15) is 9.59 Å². The normalized spacial score (nSPS) is 18.1. The second kappa shape index (κ2) is 10.0. The average molecular weight is 488 g/mol. The van der Waals surface area contributed by atoms with Crippen LogP contribution in [0.1, 0.15) is 65.2 Å². The van der Waals surface area contributed by atoms with Gasteiger partial charge < -0.3 is 18.9 Å². The van der Waals surface area contributed by atoms with Crippen LogP contribution in [-0.4, -0.2) is 56.6 Å². The maximum absolute atomic E-state index is 13.7. The molecular weight excluding hydrogens is 454 g/mol. The van der Waals surface area contributed by atoms with Crippen molar-refractivity contribution in [3.8, 4) is 11.1 Å². The van der Waals surface area contributed by atoms with Gasteiger partial charge in [0.25, 0.3) is 11.5 Å². The van der Waals surface area contributed by atoms with Gasteiger partial charge >= 0.3 is 0 Å². The Balaban J connectivity index is 1.32. The van der Waals surface area contributed by atoms with E-state index in [-0.39, 0.29) is 11.5 Å². The first kappa shape index (κ1) is 23.2. The van der Waals surface area contributed by atoms with Crippen LogP contribution in [-0.2, 0) is 32.4 Å². The second-order valence-corrected chi connectivity index (χ2v) is 10.2. The molecule has 3 aromatic rings. The number of nitrogens with zero attached hydrogens (tertiary/aromatic N) is 5. The van der Waals surface area contributed by atoms with E-state index < -0.39 is 0 Å². The molecule has 0 N–H and O–H groups in total. The molecule has 8 nitrogen and oxygen atoms in total. The zero-order valence-electron chi connectivity index (χ0n) is 20.7. The van der Waals surface area contributed by atoms with Crippen LogP contribution in [0.25, 0.3) is 11.1 Å². The number of pyridine rings is 2. The maximum atomic E-state index is 13.7. The molecule has 0 radical (unpaired) electrons. The van der Waals surface area contributed by atoms with E-state index in [2.05, 4.69) is 15.0 Å². The minimum absolute atomic E-state index is 0.0438. The number of carbonyl (C=O) groups excluding carboxylic acids is 1. The average Bonchev–Trinajstić information content (AvgIpc) is 3.37. The third kappa shape index (κ3) is 4.39. The van der Waals surface area contributed by atoms with Crippen LogP contribution in [0.2, 0.25) is 0 Å². The van der Waals surface area contributed by atoms with Gasteiger partial charge in [0.1, 0.15) is 5.76 Å². The molecule has 0 aromatic carbocycles. The van der Waals surface area contributed by atoms with Crippen molar-refractivity contribution in [2.75, 3.05) is 26.2 Å². The summed E-state index contributed by atoms with van der Waals surface area (Å²) in [6, 6.07) is 5.75. The molecule has 36 heavy (non-hydrogen) atoms. The van der Waals surface area contributed by atoms with E-state index in [1.807, 2.05) is 27.7 Å². The summed E-state index contributed by atoms with van der Waals surface area (Å²) in [7, 11) is 0. The van der Waals surface area contributed by atoms with E-state index in [0.29, 0.717) is 37.3 Å². The minimum atomic E-state index is -0.0657. The zero-order chi connectivity index (χ0) is 24.5. The molecule has 188 valence electrons. The largest absolute Gasteiger partial charge is 0.360 e. The summed E-state index contributed by atoms with van der Waals surface area (Å²) in [6.45, 7) is 4.80. The van der Waals surface area contributed by atoms with E-state index in [0.717, 1.165) is 73.5 Å². The van der Waals surface area contributed by atoms with Crippen LogP contribution in [0, 0.1) is 0 Å². The molecule has 0 bridgehead atoms. The Kier molecular flexibility index (Phi) is 6.44. The molecule has 5 heterocycles. The third-order valence-corrected chi connectivity index (χ3v) is 7.99. The number of fused-ring (bicyclic) bond motifs is 2. The van der Waals surface area contributed by atoms with Crippen LogP contribution >= 0.6 is 0 Å². The summed E-state index contributed by atoms with van der Waals surface area (Å²) < 4.78 is 7.49. The van der Waals surface area contributed by atoms with Crippen LogP contribution in [0.5, 0.6) is 0 Å². The van der Waals surface area contributed by atoms with E-state index >= 15 is 0 Å². The molecule has 3 aliphatic rings. The summed E-state index contributed by atoms with van der Waals surface area (Å²) in [6.07, 6.45) is 11.7. The fraction of sp³-hybridized carbons (Fsp3) is 0.500. The van der Waals surface area contributed by atoms with Crippen molar-refractivity contribution in [2.24, 2.45) is 0 Å². The van der Waals surface area contributed by atoms with Gasteiger partial charge in [-0.25, -0.2) is 0 Å². The lowest BCUT2D eigenvalue weighted by Gasteiger charge is -2.32. The Morgan fingerprint density at radius 2 is 1.75 bits per heavy atom. The van der Waals surface area contributed by atoms with Gasteiger partial charge in [-0.3, -0.25) is 14.6 Å². The monoisotopic (exact) mass is 487 g/mol. The molecular formula is C28H33N5O3. The number of carbonyl (C=O) groups is 1. The van der Waals surface area contributed by atoms with Crippen molar-refractivity contribution in [2.45, 2.75) is 64.5 Å². The van der Waals surface area contributed by atoms with E-state index in [1.54, 1.807) is 12.4 Å². The lowest BCUT2D eigenvalue weighted by molar-refractivity contribution is 0.0720. The summed E-state index contributed by atoms with van der Waals surface area (Å²) in [5, 5.41) is 4.17. The smallest absolute Gasteiger partial charge is 0.276 e. The minimum Gasteiger partial charge on any atom is -0.360 e. The van der Waals surface area contributed by atoms with Gasteiger partial charge in [0.05, 0.1) is 0 Å². The Morgan fingerprint density at radius 3 is 2.58 bits per heavy atom. The number of piperidine rings is 1. The summed E-state index contributed by atoms with van der Waals surface area (Å²) in [5.41, 5.74) is 5.13. The van der Waals surface area contributed by atoms with Crippen molar-refractivity contribution in [1.29, 1.82) is 0 Å². The Bertz CT molecular complexity index is 1310. The number of hydrogen-bond donors (Lipinski definition) is 0. The standard InChI is InChI=1S/C28H33N5O3/c34-27-23(20-8-11-29-12-9-20)18-21-19-32(28(35)26-22-6-2-3-7-25(22)36-30-26)15-10-24(21)33(27)17-16-31-13-4-1-5-14-31/h8-9,11-12,18H,1-7,10,13-17,19H2. The van der Waals surface area contributed by atoms with E-state index in [4.69, 9.17) is 4.52 Å². The molecule has 6 rings (SSSR count). The van der Waals surface area contributed by atoms with Crippen molar-refractivity contribution in [1.82, 2.24) is 24.5 Å². The molecule has 0 unspecified atom stereocenters. The first-order chi connectivity index (χ1) is 17.7. The number of hydrogen-bond acceptors (Lipinski definition) is 6. The predicted molar refractivity (Wildman–Crippen MR) is 136 cm³/mol. The van der Waals surface area contributed by atoms with Crippen molar-refractivity contribution >= 4 is 5.91 Å². The number of likely N-dealkylation sites (tertiary alicyclic amines) is 1. The van der Waals surface area contributed by atoms with Gasteiger partial charge in [-0.1, -0.05) is 11.6 Å². The van der Waals surface area contributed by atoms with Gasteiger partial charge in [0.2, 0.25) is 0 Å². The number of aromatic nitrogens is 3. The Hall–Kier alpha value is -3.26. The lowest BCUT2D eigenvalue weighted by Crippen LogP contribution is -2.41. The van der Waals surface area contributed by atoms with Crippen LogP contribution in [0.15, 0.2) is 39.9 Å². The number of aryl methyl sites for hydroxylation is 1. The fourth-order valence-electron chi connectivity index (χ4n) is 5.99. The van der Waals surface area contributed by atoms with Crippen molar-refractivity contribution < 1.29 is 9.32 Å². The first-order valence-electron chi connectivity index (χ1n) is 13.3. The van der Waals surface area contributed by atoms with Gasteiger partial charge in [-0.05, 0) is 74.5 Å². The third-order valence-electron chi connectivity index (χ3n) is 7.99. The second-order valence-electron chi connectivity index (χ2n) is 10.2. The number of amides is 1. The zero-order valence-corrected chi connectivity index (χ0v) is 20.7. The highest BCUT2D eigenvalue weighted by molar-refractivity contribution is 5.94. The van der Waals surface area contributed by atoms with Gasteiger partial charge in [0.15, 0.2) is 5.69 Å². The highest BCUT2D eigenvalue weighted by Gasteiger charge is 2.31. The molecule has 1 saturated heterocycles. The van der Waals surface area contributed by atoms with Crippen LogP contribution in [0.3, 0.4) is 0 Å². The summed E-state index contributed by atoms with van der Waals surface area (Å²) in [4.78, 5) is 35.7. The molecule has 8 heteroatoms. The van der Waals surface area contributed by atoms with Crippen molar-refractivity contribution in [3.05, 3.63) is 69.2 Å². The topological polar surface area (TPSA) is 84.5 Å². The van der Waals surface area contributed by atoms with Crippen molar-refractivity contribution in [3.63, 3.8) is 0 Å². The molecule has 0 saturated carbocycles. The molecule has 1 amide bonds. The SMILES string of the molecule is O=C(c1noc2c1CCCC2)N1CCc2c(cc(-c3ccncc3)c(=O)n2CCN2CCCCC2)C1. The molecule has 1 aliphatic carbocycles. The molecule has 0 spiro atoms. The van der Waals surface area contributed by atoms with Gasteiger partial charge in [0, 0.05) is 68.2 Å². The lowest BCUT2D eigenvalue weighted by atomic mass is 9.95. The van der Waals surface area contributed by atoms with Gasteiger partial charge in [-0.2, -0.15) is 0 Å². The Morgan fingerprint density at radius 1 is 0.944 bits per heavy atom. The Labute approximate surface area is 210 Å². The fourth-order valence-corrected chi connectivity index (χ4v) is 5.99. The summed E-state index contributed by atoms with van der Waals surface area (Å²) >= 11 is 0. The number of rotatable bonds is 5. The predicted octanol–water partition coefficient (Wildman–Crippen LogP) is 3.46. The quantitative estimate of drug-likeness (QED) is 0.548. The molecule has 1 fully saturated rings. The highest BCUT2D eigenvalue weighted by atomic mass is 16.5. The highest BCUT2D eigenvalue weighted by Crippen LogP contribution is 2.28. The van der Waals surface area contributed by atoms with Crippen LogP contribution < -0.4 is 5.56 Å². The van der Waals surface area contributed by atoms with Gasteiger partial charge in [-0.15, -0.1) is 0 Å². The molecule has 0 atom stereocenters. The summed E-state index contributed by atoms with van der Waals surface area (Å²) in [5.74, 6) is 0.803. The van der Waals surface area contributed by atoms with E-state index in [1.165, 1.54) is 19.3 Å². The molecule has 3 aromatic heterocycles. The van der Waals surface area contributed by atoms with Crippen LogP contribution in [0.4, 0.5) is 0 Å². The first-order valence-corrected chi connectivity index (χ1v) is 13.3. The molecule has 2 aliphatic heterocycles.